The second-order valence-electron chi connectivity index (χ2n) is 7.00. The average molecular weight is 487 g/mol. The number of rotatable bonds is 7. The molecule has 33 heavy (non-hydrogen) atoms. The van der Waals surface area contributed by atoms with Crippen LogP contribution in [0.4, 0.5) is 0 Å². The average Bonchev–Trinajstić information content (AvgIpc) is 3.42. The molecule has 1 aromatic carbocycles. The molecule has 0 spiro atoms. The second kappa shape index (κ2) is 10.5. The number of fused-ring (bicyclic) bond motifs is 1. The molecule has 8 nitrogen and oxygen atoms in total. The highest BCUT2D eigenvalue weighted by Gasteiger charge is 2.13. The molecule has 3 heterocycles. The molecule has 0 unspecified atom stereocenters. The van der Waals surface area contributed by atoms with E-state index in [0.29, 0.717) is 40.5 Å². The minimum atomic E-state index is -0.572. The monoisotopic (exact) mass is 486 g/mol. The van der Waals surface area contributed by atoms with Crippen LogP contribution in [-0.2, 0) is 27.4 Å². The van der Waals surface area contributed by atoms with Gasteiger partial charge in [-0.2, -0.15) is 0 Å². The molecule has 0 atom stereocenters. The van der Waals surface area contributed by atoms with Crippen molar-refractivity contribution in [3.05, 3.63) is 65.7 Å². The Morgan fingerprint density at radius 2 is 2.03 bits per heavy atom. The molecule has 0 saturated heterocycles. The van der Waals surface area contributed by atoms with Gasteiger partial charge in [0, 0.05) is 4.88 Å². The van der Waals surface area contributed by atoms with Crippen molar-refractivity contribution in [2.75, 3.05) is 19.8 Å². The summed E-state index contributed by atoms with van der Waals surface area (Å²) in [4.78, 5) is 38.7. The van der Waals surface area contributed by atoms with Gasteiger partial charge in [0.05, 0.1) is 23.8 Å². The number of amides is 1. The van der Waals surface area contributed by atoms with Crippen LogP contribution < -0.4 is 29.5 Å². The Morgan fingerprint density at radius 3 is 2.79 bits per heavy atom. The van der Waals surface area contributed by atoms with Crippen LogP contribution in [0.15, 0.2) is 40.5 Å². The number of benzene rings is 1. The maximum Gasteiger partial charge on any atom is 0.333 e. The summed E-state index contributed by atoms with van der Waals surface area (Å²) in [5, 5.41) is 4.73. The number of thiazole rings is 1. The number of esters is 1. The van der Waals surface area contributed by atoms with E-state index in [9.17, 15) is 14.4 Å². The highest BCUT2D eigenvalue weighted by Crippen LogP contribution is 2.30. The molecule has 3 aromatic rings. The summed E-state index contributed by atoms with van der Waals surface area (Å²) in [6, 6.07) is 9.22. The first-order chi connectivity index (χ1) is 16.0. The van der Waals surface area contributed by atoms with E-state index in [1.165, 1.54) is 22.0 Å². The molecule has 10 heteroatoms. The Labute approximate surface area is 197 Å². The van der Waals surface area contributed by atoms with E-state index in [1.807, 2.05) is 23.6 Å². The lowest BCUT2D eigenvalue weighted by Gasteiger charge is -2.18. The molecule has 0 radical (unpaired) electrons. The number of carbonyl (C=O) groups excluding carboxylic acids is 2. The van der Waals surface area contributed by atoms with Gasteiger partial charge >= 0.3 is 5.97 Å². The Bertz CT molecular complexity index is 1320. The van der Waals surface area contributed by atoms with Crippen molar-refractivity contribution in [1.29, 1.82) is 0 Å². The van der Waals surface area contributed by atoms with E-state index in [4.69, 9.17) is 14.2 Å². The number of ether oxygens (including phenoxy) is 3. The van der Waals surface area contributed by atoms with Crippen molar-refractivity contribution in [3.63, 3.8) is 0 Å². The maximum absolute atomic E-state index is 13.1. The Hall–Kier alpha value is -3.37. The first-order valence-electron chi connectivity index (χ1n) is 10.3. The Kier molecular flexibility index (Phi) is 7.26. The van der Waals surface area contributed by atoms with Crippen molar-refractivity contribution in [3.8, 4) is 11.5 Å². The zero-order chi connectivity index (χ0) is 23.2. The third-order valence-corrected chi connectivity index (χ3v) is 6.61. The van der Waals surface area contributed by atoms with Gasteiger partial charge in [0.25, 0.3) is 5.56 Å². The lowest BCUT2D eigenvalue weighted by Crippen LogP contribution is -2.38. The highest BCUT2D eigenvalue weighted by molar-refractivity contribution is 7.09. The van der Waals surface area contributed by atoms with Crippen molar-refractivity contribution >= 4 is 46.7 Å². The van der Waals surface area contributed by atoms with Gasteiger partial charge in [-0.1, -0.05) is 12.1 Å². The zero-order valence-corrected chi connectivity index (χ0v) is 19.5. The number of carbonyl (C=O) groups is 2. The fourth-order valence-electron chi connectivity index (χ4n) is 3.18. The number of hydrogen-bond acceptors (Lipinski definition) is 8. The van der Waals surface area contributed by atoms with Gasteiger partial charge < -0.3 is 19.5 Å². The Morgan fingerprint density at radius 1 is 1.21 bits per heavy atom. The first-order valence-corrected chi connectivity index (χ1v) is 12.0. The van der Waals surface area contributed by atoms with Crippen LogP contribution in [0.25, 0.3) is 12.2 Å². The first kappa shape index (κ1) is 22.8. The van der Waals surface area contributed by atoms with Crippen molar-refractivity contribution in [1.82, 2.24) is 9.88 Å². The number of nitrogens with zero attached hydrogens (tertiary/aromatic N) is 1. The fraction of sp³-hybridized carbons (Fsp3) is 0.261. The third kappa shape index (κ3) is 5.71. The number of hydrogen-bond donors (Lipinski definition) is 1. The van der Waals surface area contributed by atoms with Gasteiger partial charge in [-0.25, -0.2) is 4.79 Å². The molecule has 1 N–H and O–H groups in total. The van der Waals surface area contributed by atoms with Gasteiger partial charge in [0.1, 0.15) is 24.4 Å². The topological polar surface area (TPSA) is 95.9 Å². The highest BCUT2D eigenvalue weighted by atomic mass is 32.1. The van der Waals surface area contributed by atoms with E-state index in [0.717, 1.165) is 21.8 Å². The summed E-state index contributed by atoms with van der Waals surface area (Å²) in [5.41, 5.74) is 0.381. The lowest BCUT2D eigenvalue weighted by molar-refractivity contribution is -0.135. The molecule has 0 bridgehead atoms. The van der Waals surface area contributed by atoms with Crippen LogP contribution >= 0.6 is 22.7 Å². The predicted molar refractivity (Wildman–Crippen MR) is 126 cm³/mol. The standard InChI is InChI=1S/C23H22N2O6S2/c1-2-29-22(27)12-21-25(14-20(26)24-13-16-4-3-9-32-16)23(28)19(33-21)11-15-5-6-17-18(10-15)31-8-7-30-17/h3-6,9-12H,2,7-8,13-14H2,1H3,(H,24,26)/b19-11-,21-12-. The van der Waals surface area contributed by atoms with Crippen LogP contribution in [0, 0.1) is 0 Å². The summed E-state index contributed by atoms with van der Waals surface area (Å²) >= 11 is 2.65. The van der Waals surface area contributed by atoms with E-state index in [2.05, 4.69) is 5.32 Å². The third-order valence-electron chi connectivity index (χ3n) is 4.67. The molecular formula is C23H22N2O6S2. The molecular weight excluding hydrogens is 464 g/mol. The van der Waals surface area contributed by atoms with Crippen molar-refractivity contribution in [2.24, 2.45) is 0 Å². The summed E-state index contributed by atoms with van der Waals surface area (Å²) < 4.78 is 18.1. The summed E-state index contributed by atoms with van der Waals surface area (Å²) in [5.74, 6) is 0.365. The number of aromatic nitrogens is 1. The van der Waals surface area contributed by atoms with Crippen LogP contribution in [0.1, 0.15) is 17.4 Å². The molecule has 1 amide bonds. The molecule has 172 valence electrons. The fourth-order valence-corrected chi connectivity index (χ4v) is 4.85. The van der Waals surface area contributed by atoms with Crippen LogP contribution in [-0.4, -0.2) is 36.3 Å². The summed E-state index contributed by atoms with van der Waals surface area (Å²) in [6.45, 7) is 3.03. The van der Waals surface area contributed by atoms with Crippen LogP contribution in [0.5, 0.6) is 11.5 Å². The van der Waals surface area contributed by atoms with E-state index in [-0.39, 0.29) is 24.6 Å². The quantitative estimate of drug-likeness (QED) is 0.505. The predicted octanol–water partition coefficient (Wildman–Crippen LogP) is 1.23. The van der Waals surface area contributed by atoms with Gasteiger partial charge in [0.2, 0.25) is 5.91 Å². The molecule has 2 aromatic heterocycles. The number of nitrogens with one attached hydrogen (secondary N) is 1. The van der Waals surface area contributed by atoms with E-state index in [1.54, 1.807) is 25.1 Å². The van der Waals surface area contributed by atoms with Gasteiger partial charge in [-0.15, -0.1) is 22.7 Å². The summed E-state index contributed by atoms with van der Waals surface area (Å²) in [6.07, 6.45) is 2.94. The largest absolute Gasteiger partial charge is 0.486 e. The maximum atomic E-state index is 13.1. The second-order valence-corrected chi connectivity index (χ2v) is 9.09. The number of thiophene rings is 1. The molecule has 0 aliphatic carbocycles. The minimum Gasteiger partial charge on any atom is -0.486 e. The molecule has 4 rings (SSSR count). The smallest absolute Gasteiger partial charge is 0.333 e. The van der Waals surface area contributed by atoms with Gasteiger partial charge in [0.15, 0.2) is 11.5 Å². The Balaban J connectivity index is 1.66. The van der Waals surface area contributed by atoms with E-state index < -0.39 is 5.97 Å². The molecule has 1 aliphatic heterocycles. The van der Waals surface area contributed by atoms with E-state index >= 15 is 0 Å². The zero-order valence-electron chi connectivity index (χ0n) is 17.9. The minimum absolute atomic E-state index is 0.207. The van der Waals surface area contributed by atoms with Crippen LogP contribution in [0.3, 0.4) is 0 Å². The molecule has 1 aliphatic rings. The van der Waals surface area contributed by atoms with Crippen molar-refractivity contribution < 1.29 is 23.8 Å². The normalized spacial score (nSPS) is 13.7. The molecule has 0 fully saturated rings. The SMILES string of the molecule is CCOC(=O)/C=c1\s/c(=C\c2ccc3c(c2)OCCO3)c(=O)n1CC(=O)NCc1cccs1. The van der Waals surface area contributed by atoms with Crippen molar-refractivity contribution in [2.45, 2.75) is 20.0 Å². The molecule has 0 saturated carbocycles. The van der Waals surface area contributed by atoms with Gasteiger partial charge in [-0.05, 0) is 42.1 Å². The van der Waals surface area contributed by atoms with Gasteiger partial charge in [-0.3, -0.25) is 14.2 Å². The summed E-state index contributed by atoms with van der Waals surface area (Å²) in [7, 11) is 0. The van der Waals surface area contributed by atoms with Crippen LogP contribution in [0.2, 0.25) is 0 Å². The lowest BCUT2D eigenvalue weighted by atomic mass is 10.2.